The van der Waals surface area contributed by atoms with Gasteiger partial charge in [0.15, 0.2) is 0 Å². The van der Waals surface area contributed by atoms with Crippen molar-refractivity contribution in [1.29, 1.82) is 0 Å². The molecule has 0 aromatic heterocycles. The first-order valence-electron chi connectivity index (χ1n) is 7.56. The molecule has 2 heterocycles. The molecule has 0 bridgehead atoms. The van der Waals surface area contributed by atoms with Crippen LogP contribution in [0.25, 0.3) is 0 Å². The average Bonchev–Trinajstić information content (AvgIpc) is 2.82. The summed E-state index contributed by atoms with van der Waals surface area (Å²) in [4.78, 5) is 2.41. The second-order valence-corrected chi connectivity index (χ2v) is 4.78. The summed E-state index contributed by atoms with van der Waals surface area (Å²) in [6.45, 7) is 13.7. The maximum atomic E-state index is 6.01. The Morgan fingerprint density at radius 1 is 1.12 bits per heavy atom. The Morgan fingerprint density at radius 3 is 2.06 bits per heavy atom. The summed E-state index contributed by atoms with van der Waals surface area (Å²) in [6, 6.07) is 0. The number of hydrogen-bond acceptors (Lipinski definition) is 2. The minimum atomic E-state index is 0.285. The molecule has 17 heavy (non-hydrogen) atoms. The topological polar surface area (TPSA) is 12.5 Å². The number of rotatable bonds is 1. The maximum absolute atomic E-state index is 6.01. The number of piperidine rings is 1. The van der Waals surface area contributed by atoms with E-state index in [1.165, 1.54) is 38.8 Å². The minimum absolute atomic E-state index is 0.285. The molecule has 104 valence electrons. The van der Waals surface area contributed by atoms with Gasteiger partial charge in [-0.1, -0.05) is 41.0 Å². The number of ether oxygens (including phenoxy) is 1. The molecule has 0 saturated carbocycles. The van der Waals surface area contributed by atoms with Crippen LogP contribution in [0.4, 0.5) is 0 Å². The molecular weight excluding hydrogens is 210 g/mol. The van der Waals surface area contributed by atoms with Crippen LogP contribution in [0.1, 0.15) is 60.3 Å². The molecule has 0 amide bonds. The van der Waals surface area contributed by atoms with Crippen LogP contribution in [-0.2, 0) is 4.74 Å². The molecular formula is C15H33NO. The second kappa shape index (κ2) is 8.93. The molecule has 2 saturated heterocycles. The van der Waals surface area contributed by atoms with Gasteiger partial charge in [0.05, 0.1) is 12.2 Å². The van der Waals surface area contributed by atoms with Crippen LogP contribution in [0.5, 0.6) is 0 Å². The van der Waals surface area contributed by atoms with Crippen molar-refractivity contribution in [1.82, 2.24) is 4.90 Å². The van der Waals surface area contributed by atoms with Gasteiger partial charge < -0.3 is 9.64 Å². The fourth-order valence-electron chi connectivity index (χ4n) is 2.58. The third-order valence-corrected chi connectivity index (χ3v) is 3.76. The van der Waals surface area contributed by atoms with Gasteiger partial charge in [0.25, 0.3) is 0 Å². The molecule has 2 aliphatic heterocycles. The van der Waals surface area contributed by atoms with E-state index in [1.807, 2.05) is 27.7 Å². The zero-order valence-corrected chi connectivity index (χ0v) is 12.9. The molecule has 2 heteroatoms. The largest absolute Gasteiger partial charge is 0.375 e. The Morgan fingerprint density at radius 2 is 1.65 bits per heavy atom. The Labute approximate surface area is 109 Å². The number of nitrogens with zero attached hydrogens (tertiary/aromatic N) is 1. The predicted octanol–water partition coefficient (Wildman–Crippen LogP) is 3.95. The number of hydrogen-bond donors (Lipinski definition) is 0. The first kappa shape index (κ1) is 16.9. The van der Waals surface area contributed by atoms with Gasteiger partial charge in [0, 0.05) is 13.1 Å². The fourth-order valence-corrected chi connectivity index (χ4v) is 2.58. The quantitative estimate of drug-likeness (QED) is 0.691. The minimum Gasteiger partial charge on any atom is -0.375 e. The normalized spacial score (nSPS) is 26.8. The van der Waals surface area contributed by atoms with E-state index < -0.39 is 0 Å². The lowest BCUT2D eigenvalue weighted by Crippen LogP contribution is -2.42. The van der Waals surface area contributed by atoms with Crippen molar-refractivity contribution in [3.63, 3.8) is 0 Å². The molecule has 2 nitrogen and oxygen atoms in total. The van der Waals surface area contributed by atoms with Gasteiger partial charge in [0.2, 0.25) is 0 Å². The zero-order valence-electron chi connectivity index (χ0n) is 12.9. The van der Waals surface area contributed by atoms with E-state index in [1.54, 1.807) is 0 Å². The summed E-state index contributed by atoms with van der Waals surface area (Å²) in [5.41, 5.74) is 0.285. The van der Waals surface area contributed by atoms with Crippen LogP contribution < -0.4 is 0 Å². The summed E-state index contributed by atoms with van der Waals surface area (Å²) < 4.78 is 6.01. The molecule has 2 rings (SSSR count). The van der Waals surface area contributed by atoms with Gasteiger partial charge in [-0.15, -0.1) is 0 Å². The van der Waals surface area contributed by atoms with Crippen LogP contribution in [-0.4, -0.2) is 37.2 Å². The van der Waals surface area contributed by atoms with Crippen molar-refractivity contribution in [2.75, 3.05) is 26.7 Å². The molecule has 2 fully saturated rings. The highest BCUT2D eigenvalue weighted by Crippen LogP contribution is 2.39. The molecule has 0 N–H and O–H groups in total. The van der Waals surface area contributed by atoms with E-state index in [0.29, 0.717) is 0 Å². The van der Waals surface area contributed by atoms with Gasteiger partial charge in [-0.2, -0.15) is 0 Å². The van der Waals surface area contributed by atoms with Crippen molar-refractivity contribution in [2.45, 2.75) is 65.9 Å². The standard InChI is InChI=1S/C11H21NO.2C2H6/c1-3-10-8-11(13-9-10)4-6-12(2)7-5-11;2*1-2/h10H,3-9H2,1-2H3;2*1-2H3. The molecule has 1 spiro atoms. The SMILES string of the molecule is CC.CC.CCC1COC2(CCN(C)CC2)C1. The van der Waals surface area contributed by atoms with E-state index in [0.717, 1.165) is 12.5 Å². The van der Waals surface area contributed by atoms with Crippen molar-refractivity contribution >= 4 is 0 Å². The molecule has 1 atom stereocenters. The van der Waals surface area contributed by atoms with Crippen LogP contribution >= 0.6 is 0 Å². The second-order valence-electron chi connectivity index (χ2n) is 4.78. The van der Waals surface area contributed by atoms with Crippen molar-refractivity contribution in [2.24, 2.45) is 5.92 Å². The lowest BCUT2D eigenvalue weighted by Gasteiger charge is -2.37. The lowest BCUT2D eigenvalue weighted by molar-refractivity contribution is -0.0394. The van der Waals surface area contributed by atoms with Crippen LogP contribution in [0.2, 0.25) is 0 Å². The van der Waals surface area contributed by atoms with Crippen molar-refractivity contribution in [3.05, 3.63) is 0 Å². The Kier molecular flexibility index (Phi) is 8.89. The summed E-state index contributed by atoms with van der Waals surface area (Å²) in [6.07, 6.45) is 5.11. The van der Waals surface area contributed by atoms with E-state index >= 15 is 0 Å². The maximum Gasteiger partial charge on any atom is 0.0710 e. The van der Waals surface area contributed by atoms with E-state index in [4.69, 9.17) is 4.74 Å². The lowest BCUT2D eigenvalue weighted by atomic mass is 9.85. The average molecular weight is 243 g/mol. The van der Waals surface area contributed by atoms with Crippen LogP contribution in [0, 0.1) is 5.92 Å². The van der Waals surface area contributed by atoms with E-state index in [2.05, 4.69) is 18.9 Å². The highest BCUT2D eigenvalue weighted by atomic mass is 16.5. The Hall–Kier alpha value is -0.0800. The Bertz CT molecular complexity index is 174. The first-order chi connectivity index (χ1) is 8.24. The fraction of sp³-hybridized carbons (Fsp3) is 1.00. The van der Waals surface area contributed by atoms with E-state index in [9.17, 15) is 0 Å². The Balaban J connectivity index is 0.000000581. The predicted molar refractivity (Wildman–Crippen MR) is 76.5 cm³/mol. The highest BCUT2D eigenvalue weighted by Gasteiger charge is 2.41. The van der Waals surface area contributed by atoms with Gasteiger partial charge in [0.1, 0.15) is 0 Å². The molecule has 0 radical (unpaired) electrons. The van der Waals surface area contributed by atoms with Crippen LogP contribution in [0.3, 0.4) is 0 Å². The third-order valence-electron chi connectivity index (χ3n) is 3.76. The van der Waals surface area contributed by atoms with Gasteiger partial charge in [-0.3, -0.25) is 0 Å². The highest BCUT2D eigenvalue weighted by molar-refractivity contribution is 4.92. The monoisotopic (exact) mass is 243 g/mol. The van der Waals surface area contributed by atoms with Gasteiger partial charge in [-0.05, 0) is 32.2 Å². The van der Waals surface area contributed by atoms with Crippen LogP contribution in [0.15, 0.2) is 0 Å². The zero-order chi connectivity index (χ0) is 13.3. The summed E-state index contributed by atoms with van der Waals surface area (Å²) in [7, 11) is 2.21. The van der Waals surface area contributed by atoms with Crippen molar-refractivity contribution in [3.8, 4) is 0 Å². The summed E-state index contributed by atoms with van der Waals surface area (Å²) in [5, 5.41) is 0. The first-order valence-corrected chi connectivity index (χ1v) is 7.56. The van der Waals surface area contributed by atoms with Gasteiger partial charge >= 0.3 is 0 Å². The van der Waals surface area contributed by atoms with Gasteiger partial charge in [-0.25, -0.2) is 0 Å². The van der Waals surface area contributed by atoms with Crippen molar-refractivity contribution < 1.29 is 4.74 Å². The molecule has 0 aromatic rings. The third kappa shape index (κ3) is 4.97. The smallest absolute Gasteiger partial charge is 0.0710 e. The van der Waals surface area contributed by atoms with E-state index in [-0.39, 0.29) is 5.60 Å². The molecule has 2 aliphatic rings. The molecule has 1 unspecified atom stereocenters. The summed E-state index contributed by atoms with van der Waals surface area (Å²) in [5.74, 6) is 0.836. The number of likely N-dealkylation sites (tertiary alicyclic amines) is 1. The molecule has 0 aliphatic carbocycles. The molecule has 0 aromatic carbocycles. The summed E-state index contributed by atoms with van der Waals surface area (Å²) >= 11 is 0.